The lowest BCUT2D eigenvalue weighted by atomic mass is 10.1. The third kappa shape index (κ3) is 4.43. The van der Waals surface area contributed by atoms with E-state index in [-0.39, 0.29) is 11.4 Å². The van der Waals surface area contributed by atoms with Gasteiger partial charge in [-0.05, 0) is 26.8 Å². The van der Waals surface area contributed by atoms with Crippen molar-refractivity contribution in [1.29, 1.82) is 0 Å². The number of rotatable bonds is 7. The largest absolute Gasteiger partial charge is 0.389 e. The SMILES string of the molecule is CCNc1cc(S(=O)(=O)N(CC)CC(C)(C)O)ccn1. The predicted octanol–water partition coefficient (Wildman–Crippen LogP) is 1.29. The van der Waals surface area contributed by atoms with Crippen molar-refractivity contribution in [1.82, 2.24) is 9.29 Å². The molecule has 0 unspecified atom stereocenters. The molecule has 0 saturated carbocycles. The monoisotopic (exact) mass is 301 g/mol. The third-order valence-corrected chi connectivity index (χ3v) is 4.56. The van der Waals surface area contributed by atoms with Crippen LogP contribution in [0.15, 0.2) is 23.2 Å². The van der Waals surface area contributed by atoms with Gasteiger partial charge >= 0.3 is 0 Å². The number of anilines is 1. The van der Waals surface area contributed by atoms with Gasteiger partial charge in [0.1, 0.15) is 5.82 Å². The summed E-state index contributed by atoms with van der Waals surface area (Å²) in [5.41, 5.74) is -1.08. The van der Waals surface area contributed by atoms with Gasteiger partial charge in [0.2, 0.25) is 10.0 Å². The van der Waals surface area contributed by atoms with E-state index in [1.165, 1.54) is 22.6 Å². The van der Waals surface area contributed by atoms with Gasteiger partial charge in [-0.25, -0.2) is 13.4 Å². The first kappa shape index (κ1) is 16.9. The second-order valence-electron chi connectivity index (χ2n) is 5.15. The fourth-order valence-corrected chi connectivity index (χ4v) is 3.41. The molecular formula is C13H23N3O3S. The number of sulfonamides is 1. The van der Waals surface area contributed by atoms with Crippen LogP contribution in [0.25, 0.3) is 0 Å². The topological polar surface area (TPSA) is 82.5 Å². The molecule has 114 valence electrons. The van der Waals surface area contributed by atoms with E-state index in [9.17, 15) is 13.5 Å². The van der Waals surface area contributed by atoms with E-state index in [1.807, 2.05) is 6.92 Å². The highest BCUT2D eigenvalue weighted by Crippen LogP contribution is 2.19. The molecule has 6 nitrogen and oxygen atoms in total. The van der Waals surface area contributed by atoms with Gasteiger partial charge < -0.3 is 10.4 Å². The highest BCUT2D eigenvalue weighted by Gasteiger charge is 2.28. The van der Waals surface area contributed by atoms with Crippen molar-refractivity contribution in [2.75, 3.05) is 25.0 Å². The standard InChI is InChI=1S/C13H23N3O3S/c1-5-14-12-9-11(7-8-15-12)20(18,19)16(6-2)10-13(3,4)17/h7-9,17H,5-6,10H2,1-4H3,(H,14,15). The molecule has 0 aliphatic heterocycles. The van der Waals surface area contributed by atoms with Crippen LogP contribution in [-0.2, 0) is 10.0 Å². The Hall–Kier alpha value is -1.18. The summed E-state index contributed by atoms with van der Waals surface area (Å²) in [5.74, 6) is 0.521. The molecule has 20 heavy (non-hydrogen) atoms. The number of nitrogens with zero attached hydrogens (tertiary/aromatic N) is 2. The molecule has 0 spiro atoms. The molecule has 0 aliphatic carbocycles. The van der Waals surface area contributed by atoms with Gasteiger partial charge in [-0.15, -0.1) is 0 Å². The van der Waals surface area contributed by atoms with E-state index in [4.69, 9.17) is 0 Å². The average molecular weight is 301 g/mol. The second-order valence-corrected chi connectivity index (χ2v) is 7.09. The highest BCUT2D eigenvalue weighted by molar-refractivity contribution is 7.89. The zero-order valence-electron chi connectivity index (χ0n) is 12.4. The van der Waals surface area contributed by atoms with E-state index in [0.717, 1.165) is 0 Å². The molecule has 1 rings (SSSR count). The molecule has 0 fully saturated rings. The first-order valence-electron chi connectivity index (χ1n) is 6.63. The third-order valence-electron chi connectivity index (χ3n) is 2.64. The quantitative estimate of drug-likeness (QED) is 0.793. The number of nitrogens with one attached hydrogen (secondary N) is 1. The van der Waals surface area contributed by atoms with Crippen molar-refractivity contribution < 1.29 is 13.5 Å². The minimum absolute atomic E-state index is 0.0463. The molecule has 1 aromatic rings. The van der Waals surface area contributed by atoms with Crippen molar-refractivity contribution in [2.45, 2.75) is 38.2 Å². The Kier molecular flexibility index (Phi) is 5.50. The van der Waals surface area contributed by atoms with Crippen molar-refractivity contribution in [3.63, 3.8) is 0 Å². The number of likely N-dealkylation sites (N-methyl/N-ethyl adjacent to an activating group) is 1. The molecule has 0 radical (unpaired) electrons. The minimum atomic E-state index is -3.63. The second kappa shape index (κ2) is 6.51. The Labute approximate surface area is 120 Å². The van der Waals surface area contributed by atoms with E-state index >= 15 is 0 Å². The fraction of sp³-hybridized carbons (Fsp3) is 0.615. The van der Waals surface area contributed by atoms with Gasteiger partial charge in [0, 0.05) is 31.9 Å². The maximum atomic E-state index is 12.6. The van der Waals surface area contributed by atoms with Crippen LogP contribution >= 0.6 is 0 Å². The first-order chi connectivity index (χ1) is 9.20. The van der Waals surface area contributed by atoms with Gasteiger partial charge in [-0.3, -0.25) is 0 Å². The molecule has 0 atom stereocenters. The molecule has 0 aromatic carbocycles. The summed E-state index contributed by atoms with van der Waals surface area (Å²) in [6, 6.07) is 2.97. The maximum Gasteiger partial charge on any atom is 0.243 e. The highest BCUT2D eigenvalue weighted by atomic mass is 32.2. The molecule has 1 heterocycles. The van der Waals surface area contributed by atoms with Crippen LogP contribution in [0.5, 0.6) is 0 Å². The van der Waals surface area contributed by atoms with Gasteiger partial charge in [-0.2, -0.15) is 4.31 Å². The minimum Gasteiger partial charge on any atom is -0.389 e. The Bertz CT molecular complexity index is 538. The van der Waals surface area contributed by atoms with Crippen LogP contribution in [0, 0.1) is 0 Å². The summed E-state index contributed by atoms with van der Waals surface area (Å²) in [6.07, 6.45) is 1.46. The van der Waals surface area contributed by atoms with Gasteiger partial charge in [0.05, 0.1) is 10.5 Å². The Morgan fingerprint density at radius 2 is 2.05 bits per heavy atom. The number of hydrogen-bond donors (Lipinski definition) is 2. The Balaban J connectivity index is 3.10. The summed E-state index contributed by atoms with van der Waals surface area (Å²) in [7, 11) is -3.63. The average Bonchev–Trinajstić information content (AvgIpc) is 2.35. The number of hydrogen-bond acceptors (Lipinski definition) is 5. The van der Waals surface area contributed by atoms with Crippen molar-refractivity contribution in [3.8, 4) is 0 Å². The van der Waals surface area contributed by atoms with Gasteiger partial charge in [0.25, 0.3) is 0 Å². The van der Waals surface area contributed by atoms with Crippen molar-refractivity contribution >= 4 is 15.8 Å². The summed E-state index contributed by atoms with van der Waals surface area (Å²) < 4.78 is 26.4. The van der Waals surface area contributed by atoms with Crippen LogP contribution in [0.4, 0.5) is 5.82 Å². The summed E-state index contributed by atoms with van der Waals surface area (Å²) >= 11 is 0. The van der Waals surface area contributed by atoms with E-state index in [2.05, 4.69) is 10.3 Å². The van der Waals surface area contributed by atoms with E-state index in [0.29, 0.717) is 18.9 Å². The molecular weight excluding hydrogens is 278 g/mol. The molecule has 7 heteroatoms. The number of aliphatic hydroxyl groups is 1. The fourth-order valence-electron chi connectivity index (χ4n) is 1.80. The maximum absolute atomic E-state index is 12.6. The summed E-state index contributed by atoms with van der Waals surface area (Å²) in [5, 5.41) is 12.8. The Morgan fingerprint density at radius 1 is 1.40 bits per heavy atom. The molecule has 0 aliphatic rings. The number of aromatic nitrogens is 1. The molecule has 0 bridgehead atoms. The summed E-state index contributed by atoms with van der Waals surface area (Å²) in [6.45, 7) is 7.84. The number of pyridine rings is 1. The van der Waals surface area contributed by atoms with Crippen molar-refractivity contribution in [3.05, 3.63) is 18.3 Å². The lowest BCUT2D eigenvalue weighted by Gasteiger charge is -2.27. The molecule has 1 aromatic heterocycles. The normalized spacial score (nSPS) is 12.7. The molecule has 2 N–H and O–H groups in total. The smallest absolute Gasteiger partial charge is 0.243 e. The van der Waals surface area contributed by atoms with Gasteiger partial charge in [-0.1, -0.05) is 6.92 Å². The lowest BCUT2D eigenvalue weighted by Crippen LogP contribution is -2.42. The molecule has 0 saturated heterocycles. The lowest BCUT2D eigenvalue weighted by molar-refractivity contribution is 0.0601. The zero-order chi connectivity index (χ0) is 15.4. The van der Waals surface area contributed by atoms with Crippen LogP contribution in [0.2, 0.25) is 0 Å². The van der Waals surface area contributed by atoms with Crippen LogP contribution in [0.1, 0.15) is 27.7 Å². The van der Waals surface area contributed by atoms with E-state index in [1.54, 1.807) is 20.8 Å². The van der Waals surface area contributed by atoms with E-state index < -0.39 is 15.6 Å². The van der Waals surface area contributed by atoms with Crippen LogP contribution in [0.3, 0.4) is 0 Å². The molecule has 0 amide bonds. The zero-order valence-corrected chi connectivity index (χ0v) is 13.2. The van der Waals surface area contributed by atoms with Crippen LogP contribution < -0.4 is 5.32 Å². The van der Waals surface area contributed by atoms with Gasteiger partial charge in [0.15, 0.2) is 0 Å². The summed E-state index contributed by atoms with van der Waals surface area (Å²) in [4.78, 5) is 4.23. The Morgan fingerprint density at radius 3 is 2.55 bits per heavy atom. The van der Waals surface area contributed by atoms with Crippen molar-refractivity contribution in [2.24, 2.45) is 0 Å². The first-order valence-corrected chi connectivity index (χ1v) is 8.07. The predicted molar refractivity (Wildman–Crippen MR) is 79.1 cm³/mol. The van der Waals surface area contributed by atoms with Crippen LogP contribution in [-0.4, -0.2) is 48.0 Å².